The minimum Gasteiger partial charge on any atom is -0.461 e. The molecule has 57 heavy (non-hydrogen) atoms. The van der Waals surface area contributed by atoms with Gasteiger partial charge in [0.05, 0.1) is 35.0 Å². The number of para-hydroxylation sites is 2. The Morgan fingerprint density at radius 3 is 1.74 bits per heavy atom. The average molecular weight is 730 g/mol. The molecule has 2 aliphatic rings. The average Bonchev–Trinajstić information content (AvgIpc) is 4.08. The lowest BCUT2D eigenvalue weighted by Gasteiger charge is -2.44. The third kappa shape index (κ3) is 3.91. The van der Waals surface area contributed by atoms with Crippen LogP contribution in [0.15, 0.2) is 202 Å². The van der Waals surface area contributed by atoms with E-state index < -0.39 is 5.41 Å². The number of fused-ring (bicyclic) bond motifs is 15. The molecule has 4 heteroatoms. The number of rotatable bonds is 3. The largest absolute Gasteiger partial charge is 0.461 e. The summed E-state index contributed by atoms with van der Waals surface area (Å²) in [4.78, 5) is 2.50. The van der Waals surface area contributed by atoms with Gasteiger partial charge in [0.2, 0.25) is 0 Å². The normalized spacial score (nSPS) is 13.7. The molecule has 4 heterocycles. The summed E-state index contributed by atoms with van der Waals surface area (Å²) in [6.45, 7) is 0. The van der Waals surface area contributed by atoms with E-state index >= 15 is 0 Å². The summed E-state index contributed by atoms with van der Waals surface area (Å²) in [6, 6.07) is 63.4. The smallest absolute Gasteiger partial charge is 0.174 e. The minimum atomic E-state index is -0.760. The molecule has 0 bridgehead atoms. The Balaban J connectivity index is 1.18. The number of hydrogen-bond acceptors (Lipinski definition) is 4. The zero-order chi connectivity index (χ0) is 37.2. The third-order valence-corrected chi connectivity index (χ3v) is 12.4. The summed E-state index contributed by atoms with van der Waals surface area (Å²) in [5, 5.41) is 6.88. The molecule has 1 aliphatic heterocycles. The van der Waals surface area contributed by atoms with Gasteiger partial charge in [-0.05, 0) is 81.1 Å². The van der Waals surface area contributed by atoms with Crippen LogP contribution in [0.4, 0.5) is 17.1 Å². The zero-order valence-corrected chi connectivity index (χ0v) is 30.6. The Hall–Kier alpha value is -7.56. The van der Waals surface area contributed by atoms with Crippen molar-refractivity contribution in [3.8, 4) is 33.8 Å². The van der Waals surface area contributed by atoms with Gasteiger partial charge in [0.1, 0.15) is 11.2 Å². The molecule has 0 saturated heterocycles. The Kier molecular flexibility index (Phi) is 6.07. The van der Waals surface area contributed by atoms with Crippen molar-refractivity contribution >= 4 is 60.5 Å². The first-order chi connectivity index (χ1) is 28.3. The lowest BCUT2D eigenvalue weighted by atomic mass is 9.65. The fourth-order valence-corrected chi connectivity index (χ4v) is 10.2. The molecule has 0 saturated carbocycles. The van der Waals surface area contributed by atoms with Crippen molar-refractivity contribution in [1.29, 1.82) is 0 Å². The second-order valence-electron chi connectivity index (χ2n) is 15.1. The first-order valence-electron chi connectivity index (χ1n) is 19.4. The molecule has 266 valence electrons. The Morgan fingerprint density at radius 1 is 0.404 bits per heavy atom. The van der Waals surface area contributed by atoms with E-state index in [-0.39, 0.29) is 0 Å². The van der Waals surface area contributed by atoms with Crippen molar-refractivity contribution < 1.29 is 13.3 Å². The van der Waals surface area contributed by atoms with Crippen LogP contribution >= 0.6 is 0 Å². The summed E-state index contributed by atoms with van der Waals surface area (Å²) < 4.78 is 19.6. The maximum atomic E-state index is 7.03. The minimum absolute atomic E-state index is 0.760. The van der Waals surface area contributed by atoms with Crippen molar-refractivity contribution in [3.05, 3.63) is 211 Å². The van der Waals surface area contributed by atoms with Gasteiger partial charge in [-0.15, -0.1) is 0 Å². The van der Waals surface area contributed by atoms with Gasteiger partial charge in [-0.2, -0.15) is 0 Å². The molecule has 0 amide bonds. The summed E-state index contributed by atoms with van der Waals surface area (Å²) >= 11 is 0. The quantitative estimate of drug-likeness (QED) is 0.170. The Bertz CT molecular complexity index is 3340. The van der Waals surface area contributed by atoms with E-state index in [4.69, 9.17) is 13.3 Å². The van der Waals surface area contributed by atoms with E-state index in [2.05, 4.69) is 175 Å². The van der Waals surface area contributed by atoms with Crippen molar-refractivity contribution in [3.63, 3.8) is 0 Å². The lowest BCUT2D eigenvalue weighted by molar-refractivity contribution is 0.525. The van der Waals surface area contributed by atoms with Crippen LogP contribution in [0.25, 0.3) is 77.3 Å². The van der Waals surface area contributed by atoms with Gasteiger partial charge >= 0.3 is 0 Å². The molecule has 0 atom stereocenters. The molecule has 13 rings (SSSR count). The van der Waals surface area contributed by atoms with Gasteiger partial charge in [-0.25, -0.2) is 0 Å². The van der Waals surface area contributed by atoms with Gasteiger partial charge in [0, 0.05) is 38.2 Å². The number of nitrogens with zero attached hydrogens (tertiary/aromatic N) is 1. The van der Waals surface area contributed by atoms with E-state index in [1.54, 1.807) is 12.5 Å². The SMILES string of the molecule is c1ccc(-c2cccc(-c3c4ccccc4c(N4c5ccccc5C5(c6ccoc6-c6occc65)c5c4ccc4c5oc5ccccc54)c4ccccc34)c2)cc1. The van der Waals surface area contributed by atoms with Crippen LogP contribution in [0.2, 0.25) is 0 Å². The molecule has 8 aromatic carbocycles. The Morgan fingerprint density at radius 2 is 1.00 bits per heavy atom. The van der Waals surface area contributed by atoms with E-state index in [9.17, 15) is 0 Å². The van der Waals surface area contributed by atoms with Crippen molar-refractivity contribution in [1.82, 2.24) is 0 Å². The fraction of sp³-hybridized carbons (Fsp3) is 0.0189. The first kappa shape index (κ1) is 30.7. The zero-order valence-electron chi connectivity index (χ0n) is 30.6. The molecule has 11 aromatic rings. The van der Waals surface area contributed by atoms with E-state index in [1.165, 1.54) is 33.0 Å². The van der Waals surface area contributed by atoms with E-state index in [0.29, 0.717) is 0 Å². The van der Waals surface area contributed by atoms with Crippen molar-refractivity contribution in [2.45, 2.75) is 5.41 Å². The highest BCUT2D eigenvalue weighted by molar-refractivity contribution is 6.23. The van der Waals surface area contributed by atoms with Crippen molar-refractivity contribution in [2.24, 2.45) is 0 Å². The van der Waals surface area contributed by atoms with Crippen LogP contribution in [0.3, 0.4) is 0 Å². The molecule has 1 spiro atoms. The number of benzene rings is 8. The lowest BCUT2D eigenvalue weighted by Crippen LogP contribution is -2.36. The standard InChI is InChI=1S/C53H31NO3/c1-2-13-32(14-3-1)33-15-12-16-34(31-33)47-36-18-4-6-20-38(36)49(39-21-7-5-19-37(39)47)54-44-23-10-9-22-41(44)53(42-27-29-55-51(42)52-43(53)28-30-56-52)48-45(54)26-25-40-35-17-8-11-24-46(35)57-50(40)48/h1-31H. The summed E-state index contributed by atoms with van der Waals surface area (Å²) in [7, 11) is 0. The third-order valence-electron chi connectivity index (χ3n) is 12.4. The predicted molar refractivity (Wildman–Crippen MR) is 230 cm³/mol. The van der Waals surface area contributed by atoms with Gasteiger partial charge in [0.25, 0.3) is 0 Å². The summed E-state index contributed by atoms with van der Waals surface area (Å²) in [5.41, 5.74) is 13.4. The number of furan rings is 3. The molecule has 4 nitrogen and oxygen atoms in total. The highest BCUT2D eigenvalue weighted by Crippen LogP contribution is 2.66. The number of hydrogen-bond donors (Lipinski definition) is 0. The van der Waals surface area contributed by atoms with Crippen LogP contribution in [0.1, 0.15) is 22.3 Å². The van der Waals surface area contributed by atoms with Crippen LogP contribution in [-0.2, 0) is 5.41 Å². The Labute approximate surface area is 327 Å². The second kappa shape index (κ2) is 11.2. The summed E-state index contributed by atoms with van der Waals surface area (Å²) in [5.74, 6) is 1.52. The van der Waals surface area contributed by atoms with Gasteiger partial charge in [-0.1, -0.05) is 133 Å². The maximum absolute atomic E-state index is 7.03. The first-order valence-corrected chi connectivity index (χ1v) is 19.4. The molecule has 0 radical (unpaired) electrons. The van der Waals surface area contributed by atoms with Gasteiger partial charge in [0.15, 0.2) is 11.5 Å². The van der Waals surface area contributed by atoms with Crippen LogP contribution in [-0.4, -0.2) is 0 Å². The topological polar surface area (TPSA) is 42.7 Å². The van der Waals surface area contributed by atoms with Crippen LogP contribution in [0, 0.1) is 0 Å². The van der Waals surface area contributed by atoms with E-state index in [0.717, 1.165) is 83.5 Å². The number of anilines is 3. The second-order valence-corrected chi connectivity index (χ2v) is 15.1. The molecule has 3 aromatic heterocycles. The van der Waals surface area contributed by atoms with E-state index in [1.807, 2.05) is 6.07 Å². The van der Waals surface area contributed by atoms with Gasteiger partial charge < -0.3 is 18.2 Å². The summed E-state index contributed by atoms with van der Waals surface area (Å²) in [6.07, 6.45) is 3.58. The molecule has 1 aliphatic carbocycles. The molecule has 0 fully saturated rings. The monoisotopic (exact) mass is 729 g/mol. The highest BCUT2D eigenvalue weighted by atomic mass is 16.4. The molecular formula is C53H31NO3. The highest BCUT2D eigenvalue weighted by Gasteiger charge is 2.56. The molecule has 0 N–H and O–H groups in total. The molecular weight excluding hydrogens is 699 g/mol. The maximum Gasteiger partial charge on any atom is 0.174 e. The van der Waals surface area contributed by atoms with Crippen LogP contribution < -0.4 is 4.90 Å². The molecule has 0 unspecified atom stereocenters. The fourth-order valence-electron chi connectivity index (χ4n) is 10.2. The van der Waals surface area contributed by atoms with Crippen LogP contribution in [0.5, 0.6) is 0 Å². The van der Waals surface area contributed by atoms with Crippen molar-refractivity contribution in [2.75, 3.05) is 4.90 Å². The van der Waals surface area contributed by atoms with Gasteiger partial charge in [-0.3, -0.25) is 0 Å². The predicted octanol–water partition coefficient (Wildman–Crippen LogP) is 14.6.